The van der Waals surface area contributed by atoms with Crippen molar-refractivity contribution in [2.45, 2.75) is 0 Å². The second kappa shape index (κ2) is 5.29. The maximum atomic E-state index is 8.79. The molecule has 2 N–H and O–H groups in total. The SMILES string of the molecule is CO[PH](O)(O)OCCSC. The molecule has 0 aliphatic carbocycles. The third-order valence-electron chi connectivity index (χ3n) is 0.843. The van der Waals surface area contributed by atoms with Crippen LogP contribution in [0.15, 0.2) is 0 Å². The predicted molar refractivity (Wildman–Crippen MR) is 44.1 cm³/mol. The Hall–Kier alpha value is 0.620. The molecule has 0 aliphatic rings. The van der Waals surface area contributed by atoms with Gasteiger partial charge in [0.2, 0.25) is 0 Å². The van der Waals surface area contributed by atoms with Crippen molar-refractivity contribution in [2.24, 2.45) is 0 Å². The van der Waals surface area contributed by atoms with E-state index in [0.717, 1.165) is 5.75 Å². The number of hydrogen-bond donors (Lipinski definition) is 2. The summed E-state index contributed by atoms with van der Waals surface area (Å²) < 4.78 is 8.93. The summed E-state index contributed by atoms with van der Waals surface area (Å²) in [5.41, 5.74) is 0. The summed E-state index contributed by atoms with van der Waals surface area (Å²) in [7, 11) is -2.51. The van der Waals surface area contributed by atoms with Gasteiger partial charge in [-0.3, -0.25) is 0 Å². The van der Waals surface area contributed by atoms with Gasteiger partial charge in [0.05, 0.1) is 0 Å². The fraction of sp³-hybridized carbons (Fsp3) is 1.00. The van der Waals surface area contributed by atoms with Crippen LogP contribution >= 0.6 is 19.9 Å². The Bertz CT molecular complexity index is 89.3. The third kappa shape index (κ3) is 5.41. The van der Waals surface area contributed by atoms with Crippen LogP contribution in [-0.4, -0.2) is 35.5 Å². The van der Waals surface area contributed by atoms with Crippen molar-refractivity contribution in [2.75, 3.05) is 25.7 Å². The topological polar surface area (TPSA) is 58.9 Å². The first kappa shape index (κ1) is 10.6. The molecule has 0 atom stereocenters. The van der Waals surface area contributed by atoms with E-state index in [0.29, 0.717) is 6.61 Å². The summed E-state index contributed by atoms with van der Waals surface area (Å²) in [5.74, 6) is 0.735. The van der Waals surface area contributed by atoms with Crippen LogP contribution in [0.3, 0.4) is 0 Å². The van der Waals surface area contributed by atoms with Crippen molar-refractivity contribution in [3.8, 4) is 0 Å². The zero-order chi connectivity index (χ0) is 8.04. The maximum absolute atomic E-state index is 8.79. The molecule has 0 bridgehead atoms. The van der Waals surface area contributed by atoms with Gasteiger partial charge in [0, 0.05) is 0 Å². The van der Waals surface area contributed by atoms with Crippen LogP contribution in [0.1, 0.15) is 0 Å². The third-order valence-corrected chi connectivity index (χ3v) is 2.53. The first-order chi connectivity index (χ1) is 4.62. The zero-order valence-corrected chi connectivity index (χ0v) is 7.85. The van der Waals surface area contributed by atoms with Gasteiger partial charge in [-0.15, -0.1) is 0 Å². The molecule has 0 saturated heterocycles. The van der Waals surface area contributed by atoms with E-state index in [-0.39, 0.29) is 0 Å². The monoisotopic (exact) mass is 188 g/mol. The standard InChI is InChI=1S/C4H13O4PS/c1-7-9(5,6)8-3-4-10-2/h5-6,9H,3-4H2,1-2H3. The van der Waals surface area contributed by atoms with Gasteiger partial charge in [-0.05, 0) is 0 Å². The molecule has 4 nitrogen and oxygen atoms in total. The summed E-state index contributed by atoms with van der Waals surface area (Å²) in [4.78, 5) is 17.6. The van der Waals surface area contributed by atoms with Crippen LogP contribution in [-0.2, 0) is 9.05 Å². The van der Waals surface area contributed by atoms with Gasteiger partial charge in [-0.1, -0.05) is 0 Å². The van der Waals surface area contributed by atoms with E-state index in [1.807, 2.05) is 6.26 Å². The van der Waals surface area contributed by atoms with Gasteiger partial charge >= 0.3 is 64.5 Å². The van der Waals surface area contributed by atoms with Crippen molar-refractivity contribution in [3.63, 3.8) is 0 Å². The van der Waals surface area contributed by atoms with Crippen LogP contribution in [0, 0.1) is 0 Å². The zero-order valence-electron chi connectivity index (χ0n) is 6.03. The Labute approximate surface area is 65.2 Å². The second-order valence-corrected chi connectivity index (χ2v) is 4.37. The van der Waals surface area contributed by atoms with Crippen LogP contribution in [0.5, 0.6) is 0 Å². The molecule has 10 heavy (non-hydrogen) atoms. The summed E-state index contributed by atoms with van der Waals surface area (Å²) in [6.07, 6.45) is 1.91. The van der Waals surface area contributed by atoms with Crippen molar-refractivity contribution < 1.29 is 18.8 Å². The molecule has 0 saturated carbocycles. The first-order valence-electron chi connectivity index (χ1n) is 2.75. The van der Waals surface area contributed by atoms with Crippen LogP contribution < -0.4 is 0 Å². The molecule has 0 radical (unpaired) electrons. The quantitative estimate of drug-likeness (QED) is 0.483. The fourth-order valence-corrected chi connectivity index (χ4v) is 1.20. The van der Waals surface area contributed by atoms with E-state index in [1.165, 1.54) is 7.11 Å². The van der Waals surface area contributed by atoms with Crippen molar-refractivity contribution >= 4 is 19.9 Å². The van der Waals surface area contributed by atoms with E-state index in [1.54, 1.807) is 11.8 Å². The van der Waals surface area contributed by atoms with E-state index >= 15 is 0 Å². The second-order valence-electron chi connectivity index (χ2n) is 1.59. The molecule has 0 fully saturated rings. The molecule has 0 aromatic heterocycles. The van der Waals surface area contributed by atoms with Gasteiger partial charge in [0.15, 0.2) is 0 Å². The summed E-state index contributed by atoms with van der Waals surface area (Å²) >= 11 is 1.57. The Morgan fingerprint density at radius 2 is 2.10 bits per heavy atom. The van der Waals surface area contributed by atoms with E-state index in [4.69, 9.17) is 9.79 Å². The Morgan fingerprint density at radius 1 is 1.50 bits per heavy atom. The summed E-state index contributed by atoms with van der Waals surface area (Å²) in [5, 5.41) is 0. The van der Waals surface area contributed by atoms with Gasteiger partial charge in [-0.2, -0.15) is 0 Å². The average molecular weight is 188 g/mol. The van der Waals surface area contributed by atoms with Crippen LogP contribution in [0.25, 0.3) is 0 Å². The molecule has 64 valence electrons. The molecule has 0 aromatic rings. The summed E-state index contributed by atoms with van der Waals surface area (Å²) in [6.45, 7) is 0.314. The Morgan fingerprint density at radius 3 is 2.50 bits per heavy atom. The van der Waals surface area contributed by atoms with Crippen molar-refractivity contribution in [3.05, 3.63) is 0 Å². The molecular weight excluding hydrogens is 175 g/mol. The molecular formula is C4H13O4PS. The van der Waals surface area contributed by atoms with Crippen molar-refractivity contribution in [1.82, 2.24) is 0 Å². The van der Waals surface area contributed by atoms with Gasteiger partial charge in [0.1, 0.15) is 0 Å². The fourth-order valence-electron chi connectivity index (χ4n) is 0.317. The Balaban J connectivity index is 3.28. The van der Waals surface area contributed by atoms with Gasteiger partial charge in [-0.25, -0.2) is 0 Å². The van der Waals surface area contributed by atoms with Gasteiger partial charge in [0.25, 0.3) is 0 Å². The van der Waals surface area contributed by atoms with E-state index < -0.39 is 8.17 Å². The van der Waals surface area contributed by atoms with Gasteiger partial charge < -0.3 is 0 Å². The average Bonchev–Trinajstić information content (AvgIpc) is 1.89. The predicted octanol–water partition coefficient (Wildman–Crippen LogP) is 0.407. The van der Waals surface area contributed by atoms with Crippen LogP contribution in [0.4, 0.5) is 0 Å². The van der Waals surface area contributed by atoms with Crippen LogP contribution in [0.2, 0.25) is 0 Å². The molecule has 0 aliphatic heterocycles. The van der Waals surface area contributed by atoms with E-state index in [2.05, 4.69) is 9.05 Å². The summed E-state index contributed by atoms with van der Waals surface area (Å²) in [6, 6.07) is 0. The molecule has 0 rings (SSSR count). The first-order valence-corrected chi connectivity index (χ1v) is 5.85. The molecule has 0 spiro atoms. The number of thioether (sulfide) groups is 1. The normalized spacial score (nSPS) is 13.6. The number of hydrogen-bond acceptors (Lipinski definition) is 5. The van der Waals surface area contributed by atoms with Crippen molar-refractivity contribution in [1.29, 1.82) is 0 Å². The Kier molecular flexibility index (Phi) is 5.62. The molecule has 6 heteroatoms. The molecule has 0 aromatic carbocycles. The minimum absolute atomic E-state index is 0.314. The molecule has 0 unspecified atom stereocenters. The molecule has 0 heterocycles. The minimum atomic E-state index is -3.73. The number of rotatable bonds is 5. The molecule has 0 amide bonds. The van der Waals surface area contributed by atoms with E-state index in [9.17, 15) is 0 Å².